The average molecular weight is 439 g/mol. The van der Waals surface area contributed by atoms with Crippen LogP contribution in [0.4, 0.5) is 4.79 Å². The van der Waals surface area contributed by atoms with Crippen LogP contribution in [0.2, 0.25) is 0 Å². The molecule has 3 amide bonds. The highest BCUT2D eigenvalue weighted by Gasteiger charge is 2.35. The number of methoxy groups -OCH3 is 1. The standard InChI is InChI=1S/C22H21N3O5S/c1-29-15-4-5-17-14(13-24-18(17)11-15)6-8-23-20(26)7-9-25-21(27)19(31-22(25)28)12-16-3-2-10-30-16/h2-5,10-13,24H,6-9H2,1H3,(H,23,26)/b19-12-. The molecule has 0 atom stereocenters. The first-order chi connectivity index (χ1) is 15.0. The van der Waals surface area contributed by atoms with Gasteiger partial charge < -0.3 is 19.5 Å². The summed E-state index contributed by atoms with van der Waals surface area (Å²) in [5, 5.41) is 3.54. The number of furan rings is 1. The molecule has 0 spiro atoms. The Bertz CT molecular complexity index is 1150. The maximum absolute atomic E-state index is 12.4. The molecule has 8 nitrogen and oxygen atoms in total. The Hall–Kier alpha value is -3.46. The van der Waals surface area contributed by atoms with Crippen molar-refractivity contribution in [1.82, 2.24) is 15.2 Å². The number of thioether (sulfide) groups is 1. The molecular weight excluding hydrogens is 418 g/mol. The fourth-order valence-corrected chi connectivity index (χ4v) is 4.18. The molecule has 0 bridgehead atoms. The lowest BCUT2D eigenvalue weighted by Gasteiger charge is -2.12. The fraction of sp³-hybridized carbons (Fsp3) is 0.227. The lowest BCUT2D eigenvalue weighted by Crippen LogP contribution is -2.34. The molecule has 4 rings (SSSR count). The Morgan fingerprint density at radius 2 is 2.19 bits per heavy atom. The van der Waals surface area contributed by atoms with Crippen LogP contribution in [0.15, 0.2) is 52.1 Å². The third kappa shape index (κ3) is 4.66. The molecule has 2 N–H and O–H groups in total. The molecule has 1 aliphatic rings. The number of nitrogens with zero attached hydrogens (tertiary/aromatic N) is 1. The molecule has 3 heterocycles. The van der Waals surface area contributed by atoms with Crippen LogP contribution in [-0.2, 0) is 16.0 Å². The van der Waals surface area contributed by atoms with Gasteiger partial charge in [-0.05, 0) is 48.0 Å². The van der Waals surface area contributed by atoms with E-state index in [1.54, 1.807) is 19.2 Å². The van der Waals surface area contributed by atoms with E-state index in [1.807, 2.05) is 24.4 Å². The SMILES string of the molecule is COc1ccc2c(CCNC(=O)CCN3C(=O)S/C(=C\c4ccco4)C3=O)c[nH]c2c1. The van der Waals surface area contributed by atoms with E-state index in [-0.39, 0.29) is 29.0 Å². The second-order valence-corrected chi connectivity index (χ2v) is 7.92. The van der Waals surface area contributed by atoms with Gasteiger partial charge in [0.15, 0.2) is 0 Å². The molecule has 31 heavy (non-hydrogen) atoms. The topological polar surface area (TPSA) is 105 Å². The number of imide groups is 1. The molecule has 0 radical (unpaired) electrons. The van der Waals surface area contributed by atoms with Crippen LogP contribution in [0.25, 0.3) is 17.0 Å². The zero-order chi connectivity index (χ0) is 21.8. The van der Waals surface area contributed by atoms with Crippen LogP contribution in [-0.4, -0.2) is 47.1 Å². The second kappa shape index (κ2) is 9.13. The largest absolute Gasteiger partial charge is 0.497 e. The maximum Gasteiger partial charge on any atom is 0.293 e. The third-order valence-electron chi connectivity index (χ3n) is 4.94. The molecule has 0 aliphatic carbocycles. The molecule has 160 valence electrons. The molecular formula is C22H21N3O5S. The minimum Gasteiger partial charge on any atom is -0.497 e. The molecule has 3 aromatic rings. The predicted molar refractivity (Wildman–Crippen MR) is 118 cm³/mol. The van der Waals surface area contributed by atoms with Crippen molar-refractivity contribution in [2.45, 2.75) is 12.8 Å². The number of H-pyrrole nitrogens is 1. The van der Waals surface area contributed by atoms with Crippen LogP contribution in [0, 0.1) is 0 Å². The van der Waals surface area contributed by atoms with Crippen LogP contribution < -0.4 is 10.1 Å². The average Bonchev–Trinajstić information content (AvgIpc) is 3.48. The maximum atomic E-state index is 12.4. The number of hydrogen-bond donors (Lipinski definition) is 2. The Kier molecular flexibility index (Phi) is 6.13. The lowest BCUT2D eigenvalue weighted by atomic mass is 10.1. The first kappa shape index (κ1) is 20.8. The summed E-state index contributed by atoms with van der Waals surface area (Å²) in [5.74, 6) is 0.656. The van der Waals surface area contributed by atoms with Crippen LogP contribution in [0.1, 0.15) is 17.7 Å². The van der Waals surface area contributed by atoms with Gasteiger partial charge >= 0.3 is 0 Å². The Labute approximate surface area is 182 Å². The summed E-state index contributed by atoms with van der Waals surface area (Å²) >= 11 is 0.846. The van der Waals surface area contributed by atoms with E-state index in [0.29, 0.717) is 18.7 Å². The summed E-state index contributed by atoms with van der Waals surface area (Å²) in [7, 11) is 1.62. The summed E-state index contributed by atoms with van der Waals surface area (Å²) in [6.07, 6.45) is 5.65. The molecule has 1 aromatic carbocycles. The Morgan fingerprint density at radius 1 is 1.32 bits per heavy atom. The zero-order valence-electron chi connectivity index (χ0n) is 16.8. The number of carbonyl (C=O) groups is 3. The van der Waals surface area contributed by atoms with Crippen molar-refractivity contribution in [3.8, 4) is 5.75 Å². The number of ether oxygens (including phenoxy) is 1. The Balaban J connectivity index is 1.26. The summed E-state index contributed by atoms with van der Waals surface area (Å²) in [6.45, 7) is 0.497. The van der Waals surface area contributed by atoms with Crippen molar-refractivity contribution < 1.29 is 23.5 Å². The highest BCUT2D eigenvalue weighted by Crippen LogP contribution is 2.32. The molecule has 9 heteroatoms. The minimum atomic E-state index is -0.409. The van der Waals surface area contributed by atoms with Crippen molar-refractivity contribution in [3.63, 3.8) is 0 Å². The van der Waals surface area contributed by atoms with Gasteiger partial charge in [-0.15, -0.1) is 0 Å². The summed E-state index contributed by atoms with van der Waals surface area (Å²) in [4.78, 5) is 41.3. The first-order valence-electron chi connectivity index (χ1n) is 9.74. The Morgan fingerprint density at radius 3 is 2.97 bits per heavy atom. The highest BCUT2D eigenvalue weighted by molar-refractivity contribution is 8.18. The van der Waals surface area contributed by atoms with Gasteiger partial charge in [-0.25, -0.2) is 0 Å². The molecule has 1 saturated heterocycles. The first-order valence-corrected chi connectivity index (χ1v) is 10.6. The number of hydrogen-bond acceptors (Lipinski definition) is 6. The second-order valence-electron chi connectivity index (χ2n) is 6.92. The van der Waals surface area contributed by atoms with Gasteiger partial charge in [0.25, 0.3) is 11.1 Å². The third-order valence-corrected chi connectivity index (χ3v) is 5.85. The highest BCUT2D eigenvalue weighted by atomic mass is 32.2. The van der Waals surface area contributed by atoms with Gasteiger partial charge in [0.2, 0.25) is 5.91 Å². The van der Waals surface area contributed by atoms with Gasteiger partial charge in [-0.1, -0.05) is 0 Å². The van der Waals surface area contributed by atoms with Crippen LogP contribution >= 0.6 is 11.8 Å². The summed E-state index contributed by atoms with van der Waals surface area (Å²) in [5.41, 5.74) is 2.06. The number of aromatic nitrogens is 1. The van der Waals surface area contributed by atoms with Crippen LogP contribution in [0.5, 0.6) is 5.75 Å². The number of rotatable bonds is 8. The van der Waals surface area contributed by atoms with E-state index in [9.17, 15) is 14.4 Å². The summed E-state index contributed by atoms with van der Waals surface area (Å²) < 4.78 is 10.4. The number of aromatic amines is 1. The van der Waals surface area contributed by atoms with Crippen molar-refractivity contribution >= 4 is 45.8 Å². The monoisotopic (exact) mass is 439 g/mol. The number of amides is 3. The fourth-order valence-electron chi connectivity index (χ4n) is 3.33. The molecule has 0 saturated carbocycles. The van der Waals surface area contributed by atoms with E-state index in [1.165, 1.54) is 12.3 Å². The van der Waals surface area contributed by atoms with Gasteiger partial charge in [0.05, 0.1) is 18.3 Å². The normalized spacial score (nSPS) is 15.3. The van der Waals surface area contributed by atoms with Crippen molar-refractivity contribution in [1.29, 1.82) is 0 Å². The van der Waals surface area contributed by atoms with E-state index >= 15 is 0 Å². The molecule has 1 fully saturated rings. The number of carbonyl (C=O) groups excluding carboxylic acids is 3. The minimum absolute atomic E-state index is 0.0406. The lowest BCUT2D eigenvalue weighted by molar-refractivity contribution is -0.124. The van der Waals surface area contributed by atoms with Crippen LogP contribution in [0.3, 0.4) is 0 Å². The molecule has 0 unspecified atom stereocenters. The van der Waals surface area contributed by atoms with E-state index in [4.69, 9.17) is 9.15 Å². The predicted octanol–water partition coefficient (Wildman–Crippen LogP) is 3.55. The number of benzene rings is 1. The van der Waals surface area contributed by atoms with E-state index in [0.717, 1.165) is 38.9 Å². The van der Waals surface area contributed by atoms with Crippen molar-refractivity contribution in [2.75, 3.05) is 20.2 Å². The quantitative estimate of drug-likeness (QED) is 0.520. The number of fused-ring (bicyclic) bond motifs is 1. The summed E-state index contributed by atoms with van der Waals surface area (Å²) in [6, 6.07) is 9.21. The van der Waals surface area contributed by atoms with Crippen molar-refractivity contribution in [3.05, 3.63) is 59.0 Å². The van der Waals surface area contributed by atoms with Gasteiger partial charge in [-0.2, -0.15) is 0 Å². The van der Waals surface area contributed by atoms with E-state index in [2.05, 4.69) is 10.3 Å². The van der Waals surface area contributed by atoms with Gasteiger partial charge in [0, 0.05) is 48.8 Å². The molecule has 2 aromatic heterocycles. The van der Waals surface area contributed by atoms with Gasteiger partial charge in [0.1, 0.15) is 11.5 Å². The molecule has 1 aliphatic heterocycles. The zero-order valence-corrected chi connectivity index (χ0v) is 17.7. The number of nitrogens with one attached hydrogen (secondary N) is 2. The smallest absolute Gasteiger partial charge is 0.293 e. The van der Waals surface area contributed by atoms with E-state index < -0.39 is 5.91 Å². The van der Waals surface area contributed by atoms with Crippen molar-refractivity contribution in [2.24, 2.45) is 0 Å². The van der Waals surface area contributed by atoms with Gasteiger partial charge in [-0.3, -0.25) is 19.3 Å².